The molecule has 2 heterocycles. The average molecular weight is 274 g/mol. The summed E-state index contributed by atoms with van der Waals surface area (Å²) in [5.41, 5.74) is 1.35. The van der Waals surface area contributed by atoms with Crippen LogP contribution in [-0.2, 0) is 6.42 Å². The van der Waals surface area contributed by atoms with E-state index in [2.05, 4.69) is 48.5 Å². The maximum atomic E-state index is 5.99. The second kappa shape index (κ2) is 6.15. The standard InChI is InChI=1S/C17H26N2O/c1-13(15-7-5-9-19(2)12-15)18-11-16-10-14-6-3-4-8-17(14)20-16/h3-4,6,8,13,15-16,18H,5,7,9-12H2,1-2H3. The summed E-state index contributed by atoms with van der Waals surface area (Å²) in [5, 5.41) is 3.70. The van der Waals surface area contributed by atoms with Crippen molar-refractivity contribution in [3.8, 4) is 5.75 Å². The van der Waals surface area contributed by atoms with Gasteiger partial charge in [0.2, 0.25) is 0 Å². The Bertz CT molecular complexity index is 423. The second-order valence-corrected chi connectivity index (χ2v) is 6.41. The van der Waals surface area contributed by atoms with Crippen molar-refractivity contribution in [1.29, 1.82) is 0 Å². The van der Waals surface area contributed by atoms with Crippen LogP contribution in [0, 0.1) is 5.92 Å². The van der Waals surface area contributed by atoms with Crippen molar-refractivity contribution >= 4 is 0 Å². The van der Waals surface area contributed by atoms with Gasteiger partial charge >= 0.3 is 0 Å². The number of ether oxygens (including phenoxy) is 1. The normalized spacial score (nSPS) is 27.9. The Morgan fingerprint density at radius 2 is 2.25 bits per heavy atom. The molecular weight excluding hydrogens is 248 g/mol. The van der Waals surface area contributed by atoms with Gasteiger partial charge < -0.3 is 15.0 Å². The van der Waals surface area contributed by atoms with Gasteiger partial charge in [-0.1, -0.05) is 18.2 Å². The number of hydrogen-bond acceptors (Lipinski definition) is 3. The molecule has 0 saturated carbocycles. The third-order valence-electron chi connectivity index (χ3n) is 4.75. The number of benzene rings is 1. The SMILES string of the molecule is CC(NCC1Cc2ccccc2O1)C1CCCN(C)C1. The molecule has 0 amide bonds. The van der Waals surface area contributed by atoms with E-state index >= 15 is 0 Å². The highest BCUT2D eigenvalue weighted by Gasteiger charge is 2.26. The lowest BCUT2D eigenvalue weighted by molar-refractivity contribution is 0.164. The molecule has 0 aliphatic carbocycles. The summed E-state index contributed by atoms with van der Waals surface area (Å²) in [5.74, 6) is 1.85. The number of piperidine rings is 1. The number of nitrogens with zero attached hydrogens (tertiary/aromatic N) is 1. The van der Waals surface area contributed by atoms with Crippen molar-refractivity contribution in [3.05, 3.63) is 29.8 Å². The number of nitrogens with one attached hydrogen (secondary N) is 1. The van der Waals surface area contributed by atoms with Crippen LogP contribution < -0.4 is 10.1 Å². The number of fused-ring (bicyclic) bond motifs is 1. The quantitative estimate of drug-likeness (QED) is 0.912. The van der Waals surface area contributed by atoms with Crippen molar-refractivity contribution in [2.45, 2.75) is 38.3 Å². The molecule has 3 heteroatoms. The molecule has 3 unspecified atom stereocenters. The van der Waals surface area contributed by atoms with Crippen molar-refractivity contribution in [2.24, 2.45) is 5.92 Å². The molecule has 1 N–H and O–H groups in total. The predicted molar refractivity (Wildman–Crippen MR) is 82.2 cm³/mol. The fourth-order valence-corrected chi connectivity index (χ4v) is 3.47. The Morgan fingerprint density at radius 3 is 3.05 bits per heavy atom. The molecule has 0 bridgehead atoms. The van der Waals surface area contributed by atoms with Crippen LogP contribution in [0.1, 0.15) is 25.3 Å². The topological polar surface area (TPSA) is 24.5 Å². The molecule has 0 spiro atoms. The highest BCUT2D eigenvalue weighted by Crippen LogP contribution is 2.28. The third-order valence-corrected chi connectivity index (χ3v) is 4.75. The van der Waals surface area contributed by atoms with E-state index in [0.29, 0.717) is 12.1 Å². The van der Waals surface area contributed by atoms with Crippen LogP contribution in [0.2, 0.25) is 0 Å². The van der Waals surface area contributed by atoms with E-state index < -0.39 is 0 Å². The van der Waals surface area contributed by atoms with E-state index in [4.69, 9.17) is 4.74 Å². The number of rotatable bonds is 4. The van der Waals surface area contributed by atoms with Gasteiger partial charge in [-0.15, -0.1) is 0 Å². The Hall–Kier alpha value is -1.06. The van der Waals surface area contributed by atoms with Crippen molar-refractivity contribution in [1.82, 2.24) is 10.2 Å². The van der Waals surface area contributed by atoms with Crippen LogP contribution in [0.15, 0.2) is 24.3 Å². The molecule has 3 atom stereocenters. The van der Waals surface area contributed by atoms with E-state index in [1.54, 1.807) is 0 Å². The first-order valence-corrected chi connectivity index (χ1v) is 7.89. The van der Waals surface area contributed by atoms with Crippen molar-refractivity contribution in [3.63, 3.8) is 0 Å². The third kappa shape index (κ3) is 3.15. The van der Waals surface area contributed by atoms with Crippen molar-refractivity contribution in [2.75, 3.05) is 26.7 Å². The zero-order chi connectivity index (χ0) is 13.9. The summed E-state index contributed by atoms with van der Waals surface area (Å²) >= 11 is 0. The van der Waals surface area contributed by atoms with Gasteiger partial charge in [0.15, 0.2) is 0 Å². The van der Waals surface area contributed by atoms with Crippen LogP contribution >= 0.6 is 0 Å². The maximum absolute atomic E-state index is 5.99. The highest BCUT2D eigenvalue weighted by molar-refractivity contribution is 5.37. The maximum Gasteiger partial charge on any atom is 0.123 e. The van der Waals surface area contributed by atoms with E-state index in [9.17, 15) is 0 Å². The lowest BCUT2D eigenvalue weighted by Gasteiger charge is -2.34. The van der Waals surface area contributed by atoms with Gasteiger partial charge in [0.25, 0.3) is 0 Å². The monoisotopic (exact) mass is 274 g/mol. The summed E-state index contributed by atoms with van der Waals surface area (Å²) in [7, 11) is 2.23. The Balaban J connectivity index is 1.46. The van der Waals surface area contributed by atoms with Gasteiger partial charge in [-0.3, -0.25) is 0 Å². The number of hydrogen-bond donors (Lipinski definition) is 1. The molecule has 1 aromatic rings. The van der Waals surface area contributed by atoms with Gasteiger partial charge in [-0.2, -0.15) is 0 Å². The summed E-state index contributed by atoms with van der Waals surface area (Å²) in [6.07, 6.45) is 4.03. The van der Waals surface area contributed by atoms with Crippen molar-refractivity contribution < 1.29 is 4.74 Å². The molecule has 2 aliphatic rings. The molecule has 110 valence electrons. The number of likely N-dealkylation sites (tertiary alicyclic amines) is 1. The Labute approximate surface area is 122 Å². The lowest BCUT2D eigenvalue weighted by atomic mass is 9.92. The minimum atomic E-state index is 0.302. The molecule has 1 fully saturated rings. The molecule has 3 nitrogen and oxygen atoms in total. The summed E-state index contributed by atoms with van der Waals surface area (Å²) in [4.78, 5) is 2.45. The predicted octanol–water partition coefficient (Wildman–Crippen LogP) is 2.31. The zero-order valence-electron chi connectivity index (χ0n) is 12.6. The molecule has 2 aliphatic heterocycles. The zero-order valence-corrected chi connectivity index (χ0v) is 12.6. The largest absolute Gasteiger partial charge is 0.488 e. The highest BCUT2D eigenvalue weighted by atomic mass is 16.5. The first kappa shape index (κ1) is 13.9. The van der Waals surface area contributed by atoms with Crippen LogP contribution in [0.25, 0.3) is 0 Å². The summed E-state index contributed by atoms with van der Waals surface area (Å²) in [6.45, 7) is 5.76. The van der Waals surface area contributed by atoms with Gasteiger partial charge in [0.05, 0.1) is 0 Å². The van der Waals surface area contributed by atoms with Crippen LogP contribution in [0.5, 0.6) is 5.75 Å². The van der Waals surface area contributed by atoms with Gasteiger partial charge in [-0.05, 0) is 50.9 Å². The molecule has 20 heavy (non-hydrogen) atoms. The molecule has 0 aromatic heterocycles. The lowest BCUT2D eigenvalue weighted by Crippen LogP contribution is -2.45. The molecule has 3 rings (SSSR count). The van der Waals surface area contributed by atoms with Crippen LogP contribution in [0.3, 0.4) is 0 Å². The first-order valence-electron chi connectivity index (χ1n) is 7.89. The Morgan fingerprint density at radius 1 is 1.40 bits per heavy atom. The summed E-state index contributed by atoms with van der Waals surface area (Å²) in [6, 6.07) is 8.97. The minimum absolute atomic E-state index is 0.302. The second-order valence-electron chi connectivity index (χ2n) is 6.41. The fraction of sp³-hybridized carbons (Fsp3) is 0.647. The van der Waals surface area contributed by atoms with E-state index in [1.807, 2.05) is 0 Å². The van der Waals surface area contributed by atoms with Crippen LogP contribution in [0.4, 0.5) is 0 Å². The van der Waals surface area contributed by atoms with E-state index in [1.165, 1.54) is 31.5 Å². The molecule has 0 radical (unpaired) electrons. The summed E-state index contributed by atoms with van der Waals surface area (Å²) < 4.78 is 5.99. The molecule has 1 aromatic carbocycles. The number of para-hydroxylation sites is 1. The molecule has 1 saturated heterocycles. The van der Waals surface area contributed by atoms with E-state index in [0.717, 1.165) is 24.6 Å². The van der Waals surface area contributed by atoms with Gasteiger partial charge in [0, 0.05) is 25.6 Å². The molecular formula is C17H26N2O. The van der Waals surface area contributed by atoms with E-state index in [-0.39, 0.29) is 0 Å². The minimum Gasteiger partial charge on any atom is -0.488 e. The van der Waals surface area contributed by atoms with Crippen LogP contribution in [-0.4, -0.2) is 43.7 Å². The van der Waals surface area contributed by atoms with Gasteiger partial charge in [-0.25, -0.2) is 0 Å². The average Bonchev–Trinajstić information content (AvgIpc) is 2.87. The Kier molecular flexibility index (Phi) is 4.27. The fourth-order valence-electron chi connectivity index (χ4n) is 3.47. The van der Waals surface area contributed by atoms with Gasteiger partial charge in [0.1, 0.15) is 11.9 Å². The first-order chi connectivity index (χ1) is 9.72. The smallest absolute Gasteiger partial charge is 0.123 e.